The third-order valence-electron chi connectivity index (χ3n) is 5.62. The van der Waals surface area contributed by atoms with Gasteiger partial charge in [-0.25, -0.2) is 0 Å². The first-order valence-electron chi connectivity index (χ1n) is 10.8. The molecule has 186 valence electrons. The molecule has 35 heavy (non-hydrogen) atoms. The Kier molecular flexibility index (Phi) is 10.1. The summed E-state index contributed by atoms with van der Waals surface area (Å²) in [4.78, 5) is 38.5. The van der Waals surface area contributed by atoms with Crippen LogP contribution in [0.1, 0.15) is 34.0 Å². The van der Waals surface area contributed by atoms with Crippen molar-refractivity contribution in [2.45, 2.75) is 25.4 Å². The predicted molar refractivity (Wildman–Crippen MR) is 128 cm³/mol. The van der Waals surface area contributed by atoms with Gasteiger partial charge in [0.05, 0.1) is 13.2 Å². The smallest absolute Gasteiger partial charge is 0.254 e. The Balaban J connectivity index is 2.10. The fourth-order valence-electron chi connectivity index (χ4n) is 3.17. The Hall–Kier alpha value is -3.55. The number of rotatable bonds is 10. The number of likely N-dealkylation sites (N-methyl/N-ethyl adjacent to an activating group) is 2. The van der Waals surface area contributed by atoms with Crippen LogP contribution in [0.5, 0.6) is 0 Å². The molecule has 0 bridgehead atoms. The zero-order valence-corrected chi connectivity index (χ0v) is 20.2. The second-order valence-electron chi connectivity index (χ2n) is 7.78. The lowest BCUT2D eigenvalue weighted by atomic mass is 9.92. The van der Waals surface area contributed by atoms with Gasteiger partial charge in [-0.1, -0.05) is 24.0 Å². The summed E-state index contributed by atoms with van der Waals surface area (Å²) in [5, 5.41) is 20.7. The van der Waals surface area contributed by atoms with Crippen molar-refractivity contribution in [2.75, 3.05) is 34.4 Å². The van der Waals surface area contributed by atoms with Crippen LogP contribution >= 0.6 is 0 Å². The largest absolute Gasteiger partial charge is 0.391 e. The third-order valence-corrected chi connectivity index (χ3v) is 5.62. The minimum Gasteiger partial charge on any atom is -0.391 e. The number of amides is 2. The van der Waals surface area contributed by atoms with Gasteiger partial charge in [0.25, 0.3) is 11.8 Å². The molecule has 2 rings (SSSR count). The van der Waals surface area contributed by atoms with Crippen LogP contribution in [0.25, 0.3) is 0 Å². The number of benzene rings is 2. The number of aliphatic hydroxyl groups is 2. The van der Waals surface area contributed by atoms with Crippen LogP contribution in [-0.2, 0) is 25.7 Å². The van der Waals surface area contributed by atoms with Crippen LogP contribution in [0.2, 0.25) is 0 Å². The topological polar surface area (TPSA) is 125 Å². The number of ketones is 1. The van der Waals surface area contributed by atoms with Crippen molar-refractivity contribution >= 4 is 17.6 Å². The standard InChI is InChI=1S/C26H30N2O7/c1-26(22(31)15-29,25(33)27-2)28(3)24(32)21-13-11-19(12-14-21)6-5-18-7-9-20(10-8-18)17-35-23(16-30)34-4/h7-14,23,29-30H,15-17H2,1-4H3,(H,27,33)/t23?,26-/m1/s1. The Morgan fingerprint density at radius 3 is 2.03 bits per heavy atom. The van der Waals surface area contributed by atoms with E-state index in [9.17, 15) is 19.5 Å². The first kappa shape index (κ1) is 27.7. The van der Waals surface area contributed by atoms with E-state index in [1.54, 1.807) is 24.3 Å². The third kappa shape index (κ3) is 6.74. The quantitative estimate of drug-likeness (QED) is 0.259. The molecule has 9 heteroatoms. The molecule has 2 atom stereocenters. The average molecular weight is 483 g/mol. The second kappa shape index (κ2) is 12.8. The summed E-state index contributed by atoms with van der Waals surface area (Å²) in [6.45, 7) is 0.483. The van der Waals surface area contributed by atoms with Gasteiger partial charge >= 0.3 is 0 Å². The fourth-order valence-corrected chi connectivity index (χ4v) is 3.17. The van der Waals surface area contributed by atoms with Gasteiger partial charge in [0.1, 0.15) is 6.61 Å². The summed E-state index contributed by atoms with van der Waals surface area (Å²) in [7, 11) is 4.15. The molecule has 1 unspecified atom stereocenters. The van der Waals surface area contributed by atoms with Crippen molar-refractivity contribution in [1.29, 1.82) is 0 Å². The van der Waals surface area contributed by atoms with Crippen molar-refractivity contribution in [2.24, 2.45) is 0 Å². The number of carbonyl (C=O) groups excluding carboxylic acids is 3. The molecule has 0 saturated carbocycles. The van der Waals surface area contributed by atoms with Gasteiger partial charge < -0.3 is 29.9 Å². The van der Waals surface area contributed by atoms with Gasteiger partial charge in [0.2, 0.25) is 0 Å². The molecule has 0 aliphatic carbocycles. The summed E-state index contributed by atoms with van der Waals surface area (Å²) >= 11 is 0. The summed E-state index contributed by atoms with van der Waals surface area (Å²) in [6, 6.07) is 13.9. The van der Waals surface area contributed by atoms with E-state index in [1.807, 2.05) is 24.3 Å². The normalized spacial score (nSPS) is 13.1. The minimum atomic E-state index is -1.85. The van der Waals surface area contributed by atoms with Gasteiger partial charge in [-0.2, -0.15) is 0 Å². The number of carbonyl (C=O) groups is 3. The van der Waals surface area contributed by atoms with Gasteiger partial charge in [-0.3, -0.25) is 14.4 Å². The number of hydrogen-bond donors (Lipinski definition) is 3. The van der Waals surface area contributed by atoms with Crippen molar-refractivity contribution in [1.82, 2.24) is 10.2 Å². The number of Topliss-reactive ketones (excluding diaryl/α,β-unsaturated/α-hetero) is 1. The molecule has 0 aliphatic rings. The van der Waals surface area contributed by atoms with Crippen LogP contribution in [0.15, 0.2) is 48.5 Å². The number of methoxy groups -OCH3 is 1. The van der Waals surface area contributed by atoms with Crippen LogP contribution in [0.4, 0.5) is 0 Å². The number of ether oxygens (including phenoxy) is 2. The zero-order chi connectivity index (χ0) is 26.0. The fraction of sp³-hybridized carbons (Fsp3) is 0.346. The summed E-state index contributed by atoms with van der Waals surface area (Å²) < 4.78 is 10.4. The van der Waals surface area contributed by atoms with Gasteiger partial charge in [-0.15, -0.1) is 0 Å². The summed E-state index contributed by atoms with van der Waals surface area (Å²) in [5.74, 6) is 4.02. The van der Waals surface area contributed by atoms with E-state index >= 15 is 0 Å². The van der Waals surface area contributed by atoms with E-state index < -0.39 is 36.0 Å². The second-order valence-corrected chi connectivity index (χ2v) is 7.78. The van der Waals surface area contributed by atoms with Crippen LogP contribution in [0, 0.1) is 11.8 Å². The molecular weight excluding hydrogens is 452 g/mol. The first-order valence-corrected chi connectivity index (χ1v) is 10.8. The van der Waals surface area contributed by atoms with Crippen molar-refractivity contribution < 1.29 is 34.1 Å². The Morgan fingerprint density at radius 1 is 1.03 bits per heavy atom. The SMILES string of the molecule is CNC(=O)[C@@](C)(C(=O)CO)N(C)C(=O)c1ccc(C#Cc2ccc(COC(CO)OC)cc2)cc1. The number of hydrogen-bond acceptors (Lipinski definition) is 7. The van der Waals surface area contributed by atoms with Crippen LogP contribution in [0.3, 0.4) is 0 Å². The molecular formula is C26H30N2O7. The van der Waals surface area contributed by atoms with E-state index in [0.717, 1.165) is 16.0 Å². The monoisotopic (exact) mass is 482 g/mol. The lowest BCUT2D eigenvalue weighted by Crippen LogP contribution is -2.62. The van der Waals surface area contributed by atoms with Crippen molar-refractivity contribution in [3.05, 3.63) is 70.8 Å². The van der Waals surface area contributed by atoms with Gasteiger partial charge in [0.15, 0.2) is 17.6 Å². The molecule has 0 aromatic heterocycles. The molecule has 0 saturated heterocycles. The predicted octanol–water partition coefficient (Wildman–Crippen LogP) is 0.706. The first-order chi connectivity index (χ1) is 16.7. The minimum absolute atomic E-state index is 0.227. The summed E-state index contributed by atoms with van der Waals surface area (Å²) in [5.41, 5.74) is 0.770. The lowest BCUT2D eigenvalue weighted by Gasteiger charge is -2.35. The molecule has 0 spiro atoms. The molecule has 9 nitrogen and oxygen atoms in total. The average Bonchev–Trinajstić information content (AvgIpc) is 2.91. The number of aliphatic hydroxyl groups excluding tert-OH is 2. The lowest BCUT2D eigenvalue weighted by molar-refractivity contribution is -0.152. The molecule has 2 aromatic rings. The molecule has 0 heterocycles. The van der Waals surface area contributed by atoms with E-state index in [0.29, 0.717) is 12.2 Å². The Labute approximate surface area is 204 Å². The molecule has 3 N–H and O–H groups in total. The highest BCUT2D eigenvalue weighted by atomic mass is 16.7. The molecule has 0 radical (unpaired) electrons. The Bertz CT molecular complexity index is 1070. The van der Waals surface area contributed by atoms with Crippen LogP contribution < -0.4 is 5.32 Å². The number of nitrogens with one attached hydrogen (secondary N) is 1. The maximum atomic E-state index is 12.9. The highest BCUT2D eigenvalue weighted by Gasteiger charge is 2.46. The maximum absolute atomic E-state index is 12.9. The van der Waals surface area contributed by atoms with Crippen molar-refractivity contribution in [3.8, 4) is 11.8 Å². The van der Waals surface area contributed by atoms with E-state index in [2.05, 4.69) is 17.2 Å². The Morgan fingerprint density at radius 2 is 1.57 bits per heavy atom. The van der Waals surface area contributed by atoms with E-state index in [-0.39, 0.29) is 12.2 Å². The van der Waals surface area contributed by atoms with E-state index in [1.165, 1.54) is 28.1 Å². The molecule has 0 aliphatic heterocycles. The number of nitrogens with zero attached hydrogens (tertiary/aromatic N) is 1. The summed E-state index contributed by atoms with van der Waals surface area (Å²) in [6.07, 6.45) is -0.670. The van der Waals surface area contributed by atoms with Gasteiger partial charge in [0, 0.05) is 37.9 Å². The van der Waals surface area contributed by atoms with Crippen molar-refractivity contribution in [3.63, 3.8) is 0 Å². The van der Waals surface area contributed by atoms with E-state index in [4.69, 9.17) is 14.6 Å². The maximum Gasteiger partial charge on any atom is 0.254 e. The highest BCUT2D eigenvalue weighted by molar-refractivity contribution is 6.14. The molecule has 2 amide bonds. The van der Waals surface area contributed by atoms with Gasteiger partial charge in [-0.05, 0) is 48.9 Å². The zero-order valence-electron chi connectivity index (χ0n) is 20.2. The molecule has 2 aromatic carbocycles. The molecule has 0 fully saturated rings. The highest BCUT2D eigenvalue weighted by Crippen LogP contribution is 2.19. The van der Waals surface area contributed by atoms with Crippen LogP contribution in [-0.4, -0.2) is 79.0 Å².